The van der Waals surface area contributed by atoms with Crippen LogP contribution in [-0.2, 0) is 4.79 Å². The highest BCUT2D eigenvalue weighted by atomic mass is 16.1. The number of carbonyl (C=O) groups is 1. The average Bonchev–Trinajstić information content (AvgIpc) is 2.68. The number of anilines is 1. The Hall–Kier alpha value is -2.30. The summed E-state index contributed by atoms with van der Waals surface area (Å²) >= 11 is 0. The molecule has 1 amide bonds. The van der Waals surface area contributed by atoms with Crippen molar-refractivity contribution in [2.45, 2.75) is 26.8 Å². The van der Waals surface area contributed by atoms with Gasteiger partial charge in [-0.1, -0.05) is 17.7 Å². The SMILES string of the molecule is Cc1ccc(NC(C(N)=O)c2c(C)n[nH]c2C)cc1. The first-order chi connectivity index (χ1) is 8.99. The van der Waals surface area contributed by atoms with Gasteiger partial charge < -0.3 is 11.1 Å². The Morgan fingerprint density at radius 3 is 2.37 bits per heavy atom. The molecule has 2 aromatic rings. The summed E-state index contributed by atoms with van der Waals surface area (Å²) < 4.78 is 0. The van der Waals surface area contributed by atoms with Gasteiger partial charge in [-0.15, -0.1) is 0 Å². The number of nitrogens with one attached hydrogen (secondary N) is 2. The molecule has 100 valence electrons. The van der Waals surface area contributed by atoms with Crippen LogP contribution in [0.2, 0.25) is 0 Å². The summed E-state index contributed by atoms with van der Waals surface area (Å²) in [6, 6.07) is 7.23. The van der Waals surface area contributed by atoms with Gasteiger partial charge in [-0.05, 0) is 32.9 Å². The van der Waals surface area contributed by atoms with Crippen LogP contribution in [0.15, 0.2) is 24.3 Å². The summed E-state index contributed by atoms with van der Waals surface area (Å²) in [7, 11) is 0. The van der Waals surface area contributed by atoms with Gasteiger partial charge in [0, 0.05) is 16.9 Å². The highest BCUT2D eigenvalue weighted by Gasteiger charge is 2.23. The van der Waals surface area contributed by atoms with Crippen LogP contribution in [0.1, 0.15) is 28.6 Å². The Morgan fingerprint density at radius 2 is 1.89 bits per heavy atom. The van der Waals surface area contributed by atoms with Crippen LogP contribution in [0, 0.1) is 20.8 Å². The maximum absolute atomic E-state index is 11.7. The summed E-state index contributed by atoms with van der Waals surface area (Å²) in [5.41, 5.74) is 9.96. The van der Waals surface area contributed by atoms with Crippen LogP contribution in [0.5, 0.6) is 0 Å². The zero-order chi connectivity index (χ0) is 14.0. The third kappa shape index (κ3) is 2.76. The second-order valence-electron chi connectivity index (χ2n) is 4.69. The van der Waals surface area contributed by atoms with E-state index in [1.165, 1.54) is 0 Å². The monoisotopic (exact) mass is 258 g/mol. The molecule has 0 fully saturated rings. The second-order valence-corrected chi connectivity index (χ2v) is 4.69. The molecule has 0 spiro atoms. The Balaban J connectivity index is 2.32. The van der Waals surface area contributed by atoms with Gasteiger partial charge in [0.15, 0.2) is 0 Å². The minimum atomic E-state index is -0.582. The predicted octanol–water partition coefficient (Wildman–Crippen LogP) is 1.97. The highest BCUT2D eigenvalue weighted by Crippen LogP contribution is 2.24. The van der Waals surface area contributed by atoms with E-state index >= 15 is 0 Å². The molecule has 19 heavy (non-hydrogen) atoms. The molecule has 1 aromatic carbocycles. The molecule has 1 heterocycles. The molecule has 0 aliphatic carbocycles. The Kier molecular flexibility index (Phi) is 3.55. The molecule has 0 aliphatic heterocycles. The van der Waals surface area contributed by atoms with E-state index < -0.39 is 11.9 Å². The van der Waals surface area contributed by atoms with Crippen molar-refractivity contribution in [3.8, 4) is 0 Å². The maximum atomic E-state index is 11.7. The molecule has 0 saturated heterocycles. The number of rotatable bonds is 4. The maximum Gasteiger partial charge on any atom is 0.244 e. The van der Waals surface area contributed by atoms with Gasteiger partial charge in [0.05, 0.1) is 5.69 Å². The van der Waals surface area contributed by atoms with E-state index in [2.05, 4.69) is 15.5 Å². The largest absolute Gasteiger partial charge is 0.370 e. The van der Waals surface area contributed by atoms with E-state index in [-0.39, 0.29) is 0 Å². The number of hydrogen-bond donors (Lipinski definition) is 3. The zero-order valence-electron chi connectivity index (χ0n) is 11.3. The predicted molar refractivity (Wildman–Crippen MR) is 74.8 cm³/mol. The molecule has 5 nitrogen and oxygen atoms in total. The molecule has 2 rings (SSSR count). The van der Waals surface area contributed by atoms with Crippen LogP contribution in [-0.4, -0.2) is 16.1 Å². The van der Waals surface area contributed by atoms with Gasteiger partial charge >= 0.3 is 0 Å². The fraction of sp³-hybridized carbons (Fsp3) is 0.286. The molecule has 1 aromatic heterocycles. The van der Waals surface area contributed by atoms with Gasteiger partial charge in [0.2, 0.25) is 5.91 Å². The molecule has 0 radical (unpaired) electrons. The molecule has 1 unspecified atom stereocenters. The van der Waals surface area contributed by atoms with Crippen molar-refractivity contribution in [2.24, 2.45) is 5.73 Å². The number of H-pyrrole nitrogens is 1. The molecular formula is C14H18N4O. The second kappa shape index (κ2) is 5.14. The molecule has 0 bridgehead atoms. The lowest BCUT2D eigenvalue weighted by molar-refractivity contribution is -0.118. The van der Waals surface area contributed by atoms with E-state index in [4.69, 9.17) is 5.73 Å². The minimum Gasteiger partial charge on any atom is -0.370 e. The number of primary amides is 1. The number of hydrogen-bond acceptors (Lipinski definition) is 3. The summed E-state index contributed by atoms with van der Waals surface area (Å²) in [6.45, 7) is 5.74. The molecule has 1 atom stereocenters. The third-order valence-corrected chi connectivity index (χ3v) is 3.12. The fourth-order valence-electron chi connectivity index (χ4n) is 2.09. The van der Waals surface area contributed by atoms with Crippen LogP contribution >= 0.6 is 0 Å². The third-order valence-electron chi connectivity index (χ3n) is 3.12. The van der Waals surface area contributed by atoms with E-state index in [0.29, 0.717) is 0 Å². The van der Waals surface area contributed by atoms with Crippen molar-refractivity contribution in [1.82, 2.24) is 10.2 Å². The van der Waals surface area contributed by atoms with E-state index in [1.54, 1.807) is 0 Å². The number of aromatic amines is 1. The van der Waals surface area contributed by atoms with Crippen molar-refractivity contribution >= 4 is 11.6 Å². The first kappa shape index (κ1) is 13.1. The van der Waals surface area contributed by atoms with Crippen LogP contribution in [0.3, 0.4) is 0 Å². The van der Waals surface area contributed by atoms with Crippen molar-refractivity contribution in [3.63, 3.8) is 0 Å². The smallest absolute Gasteiger partial charge is 0.244 e. The Bertz CT molecular complexity index is 566. The fourth-order valence-corrected chi connectivity index (χ4v) is 2.09. The van der Waals surface area contributed by atoms with Crippen molar-refractivity contribution in [2.75, 3.05) is 5.32 Å². The highest BCUT2D eigenvalue weighted by molar-refractivity contribution is 5.85. The summed E-state index contributed by atoms with van der Waals surface area (Å²) in [5, 5.41) is 10.1. The number of carbonyl (C=O) groups excluding carboxylic acids is 1. The van der Waals surface area contributed by atoms with E-state index in [1.807, 2.05) is 45.0 Å². The minimum absolute atomic E-state index is 0.423. The number of amides is 1. The Labute approximate surface area is 112 Å². The van der Waals surface area contributed by atoms with E-state index in [0.717, 1.165) is 28.2 Å². The van der Waals surface area contributed by atoms with Crippen LogP contribution in [0.4, 0.5) is 5.69 Å². The normalized spacial score (nSPS) is 12.2. The van der Waals surface area contributed by atoms with Crippen molar-refractivity contribution in [1.29, 1.82) is 0 Å². The molecule has 5 heteroatoms. The molecule has 4 N–H and O–H groups in total. The lowest BCUT2D eigenvalue weighted by Gasteiger charge is -2.17. The number of aryl methyl sites for hydroxylation is 3. The number of nitrogens with zero attached hydrogens (tertiary/aromatic N) is 1. The Morgan fingerprint density at radius 1 is 1.26 bits per heavy atom. The summed E-state index contributed by atoms with van der Waals surface area (Å²) in [6.07, 6.45) is 0. The quantitative estimate of drug-likeness (QED) is 0.784. The van der Waals surface area contributed by atoms with E-state index in [9.17, 15) is 4.79 Å². The van der Waals surface area contributed by atoms with Gasteiger partial charge in [0.1, 0.15) is 6.04 Å². The lowest BCUT2D eigenvalue weighted by atomic mass is 10.0. The van der Waals surface area contributed by atoms with Crippen molar-refractivity contribution < 1.29 is 4.79 Å². The molecule has 0 aliphatic rings. The van der Waals surface area contributed by atoms with Crippen LogP contribution < -0.4 is 11.1 Å². The number of benzene rings is 1. The number of aromatic nitrogens is 2. The van der Waals surface area contributed by atoms with Gasteiger partial charge in [-0.2, -0.15) is 5.10 Å². The van der Waals surface area contributed by atoms with Gasteiger partial charge in [0.25, 0.3) is 0 Å². The number of nitrogens with two attached hydrogens (primary N) is 1. The lowest BCUT2D eigenvalue weighted by Crippen LogP contribution is -2.28. The molecule has 0 saturated carbocycles. The zero-order valence-corrected chi connectivity index (χ0v) is 11.3. The summed E-state index contributed by atoms with van der Waals surface area (Å²) in [5.74, 6) is -0.423. The van der Waals surface area contributed by atoms with Crippen molar-refractivity contribution in [3.05, 3.63) is 46.8 Å². The molecular weight excluding hydrogens is 240 g/mol. The average molecular weight is 258 g/mol. The van der Waals surface area contributed by atoms with Gasteiger partial charge in [-0.3, -0.25) is 9.89 Å². The van der Waals surface area contributed by atoms with Crippen LogP contribution in [0.25, 0.3) is 0 Å². The first-order valence-electron chi connectivity index (χ1n) is 6.13. The summed E-state index contributed by atoms with van der Waals surface area (Å²) in [4.78, 5) is 11.7. The standard InChI is InChI=1S/C14H18N4O/c1-8-4-6-11(7-5-8)16-13(14(15)19)12-9(2)17-18-10(12)3/h4-7,13,16H,1-3H3,(H2,15,19)(H,17,18). The van der Waals surface area contributed by atoms with Gasteiger partial charge in [-0.25, -0.2) is 0 Å². The first-order valence-corrected chi connectivity index (χ1v) is 6.13. The topological polar surface area (TPSA) is 83.8 Å².